The number of halogens is 14. The molecule has 0 fully saturated rings. The maximum absolute atomic E-state index is 13.5. The number of rotatable bonds is 9. The summed E-state index contributed by atoms with van der Waals surface area (Å²) in [4.78, 5) is 10.3. The summed E-state index contributed by atoms with van der Waals surface area (Å²) >= 11 is 2.85. The third-order valence-corrected chi connectivity index (χ3v) is 4.12. The highest BCUT2D eigenvalue weighted by atomic mass is 79.9. The van der Waals surface area contributed by atoms with Gasteiger partial charge < -0.3 is 0 Å². The number of ketones is 1. The van der Waals surface area contributed by atoms with Gasteiger partial charge in [-0.25, -0.2) is 14.2 Å². The Hall–Kier alpha value is -1.18. The second-order valence-electron chi connectivity index (χ2n) is 4.77. The Morgan fingerprint density at radius 3 is 1.47 bits per heavy atom. The molecule has 30 heavy (non-hydrogen) atoms. The van der Waals surface area contributed by atoms with E-state index in [-0.39, 0.29) is 15.1 Å². The predicted octanol–water partition coefficient (Wildman–Crippen LogP) is 6.23. The van der Waals surface area contributed by atoms with E-state index < -0.39 is 47.6 Å². The van der Waals surface area contributed by atoms with Crippen molar-refractivity contribution in [3.8, 4) is 0 Å². The lowest BCUT2D eigenvalue weighted by molar-refractivity contribution is -0.561. The van der Waals surface area contributed by atoms with Gasteiger partial charge in [-0.1, -0.05) is 0 Å². The zero-order valence-corrected chi connectivity index (χ0v) is 15.4. The van der Waals surface area contributed by atoms with Crippen LogP contribution >= 0.6 is 27.3 Å². The van der Waals surface area contributed by atoms with Crippen LogP contribution in [0, 0.1) is 0 Å². The van der Waals surface area contributed by atoms with Crippen LogP contribution in [0.2, 0.25) is 0 Å². The zero-order valence-electron chi connectivity index (χ0n) is 13.0. The number of carbonyl (C=O) groups is 1. The zero-order chi connectivity index (χ0) is 24.0. The van der Waals surface area contributed by atoms with Crippen molar-refractivity contribution in [2.45, 2.75) is 36.9 Å². The summed E-state index contributed by atoms with van der Waals surface area (Å²) in [5, 5.41) is 0. The van der Waals surface area contributed by atoms with Crippen molar-refractivity contribution >= 4 is 33.0 Å². The van der Waals surface area contributed by atoms with E-state index in [1.54, 1.807) is 4.74 Å². The summed E-state index contributed by atoms with van der Waals surface area (Å²) in [7, 11) is 0. The molecule has 0 radical (unpaired) electrons. The molecule has 0 saturated heterocycles. The van der Waals surface area contributed by atoms with Crippen LogP contribution in [0.5, 0.6) is 0 Å². The van der Waals surface area contributed by atoms with Gasteiger partial charge in [-0.3, -0.25) is 4.79 Å². The monoisotopic (exact) mass is 556 g/mol. The predicted molar refractivity (Wildman–Crippen MR) is 70.4 cm³/mol. The Morgan fingerprint density at radius 1 is 0.700 bits per heavy atom. The first-order valence-electron chi connectivity index (χ1n) is 6.39. The van der Waals surface area contributed by atoms with Crippen molar-refractivity contribution in [3.63, 3.8) is 0 Å². The number of hydrogen-bond acceptors (Lipinski definition) is 5. The average molecular weight is 557 g/mol. The average Bonchev–Trinajstić information content (AvgIpc) is 2.87. The first-order valence-corrected chi connectivity index (χ1v) is 8.00. The van der Waals surface area contributed by atoms with E-state index in [2.05, 4.69) is 20.7 Å². The van der Waals surface area contributed by atoms with Crippen LogP contribution in [0.4, 0.5) is 57.1 Å². The van der Waals surface area contributed by atoms with Gasteiger partial charge in [-0.05, 0) is 28.1 Å². The van der Waals surface area contributed by atoms with Gasteiger partial charge in [0.2, 0.25) is 0 Å². The van der Waals surface area contributed by atoms with Gasteiger partial charge in [0.1, 0.15) is 0 Å². The molecule has 0 aliphatic carbocycles. The van der Waals surface area contributed by atoms with Gasteiger partial charge in [0.05, 0.1) is 8.66 Å². The lowest BCUT2D eigenvalue weighted by atomic mass is 10.3. The lowest BCUT2D eigenvalue weighted by Gasteiger charge is -2.33. The Balaban J connectivity index is 3.10. The van der Waals surface area contributed by atoms with Crippen LogP contribution in [0.3, 0.4) is 0 Å². The third kappa shape index (κ3) is 6.17. The van der Waals surface area contributed by atoms with Gasteiger partial charge in [-0.2, -0.15) is 43.9 Å². The fraction of sp³-hybridized carbons (Fsp3) is 0.545. The van der Waals surface area contributed by atoms with Gasteiger partial charge in [0, 0.05) is 0 Å². The van der Waals surface area contributed by atoms with E-state index in [9.17, 15) is 61.9 Å². The van der Waals surface area contributed by atoms with Crippen LogP contribution in [0.15, 0.2) is 15.9 Å². The first-order chi connectivity index (χ1) is 13.0. The van der Waals surface area contributed by atoms with Crippen LogP contribution in [-0.4, -0.2) is 42.7 Å². The Bertz CT molecular complexity index is 775. The molecule has 0 unspecified atom stereocenters. The van der Waals surface area contributed by atoms with E-state index in [0.29, 0.717) is 6.07 Å². The van der Waals surface area contributed by atoms with Gasteiger partial charge in [0.15, 0.2) is 0 Å². The highest BCUT2D eigenvalue weighted by molar-refractivity contribution is 9.11. The summed E-state index contributed by atoms with van der Waals surface area (Å²) < 4.78 is 171. The molecular weight excluding hydrogens is 555 g/mol. The maximum atomic E-state index is 13.5. The fourth-order valence-corrected chi connectivity index (χ4v) is 2.68. The summed E-state index contributed by atoms with van der Waals surface area (Å²) in [6.07, 6.45) is -40.6. The molecule has 19 heteroatoms. The molecule has 1 aromatic heterocycles. The topological polar surface area (TPSA) is 44.8 Å². The molecule has 0 bridgehead atoms. The second-order valence-corrected chi connectivity index (χ2v) is 7.23. The minimum atomic E-state index is -7.14. The smallest absolute Gasteiger partial charge is 0.283 e. The quantitative estimate of drug-likeness (QED) is 0.267. The van der Waals surface area contributed by atoms with Crippen LogP contribution in [0.1, 0.15) is 9.67 Å². The van der Waals surface area contributed by atoms with E-state index in [0.717, 1.165) is 6.07 Å². The molecule has 1 aromatic rings. The Morgan fingerprint density at radius 2 is 1.10 bits per heavy atom. The number of hydrogen-bond donors (Lipinski definition) is 0. The molecule has 1 heterocycles. The van der Waals surface area contributed by atoms with Crippen LogP contribution < -0.4 is 0 Å². The minimum absolute atomic E-state index is 0.0198. The number of carbonyl (C=O) groups excluding carboxylic acids is 1. The molecule has 4 nitrogen and oxygen atoms in total. The van der Waals surface area contributed by atoms with Crippen molar-refractivity contribution < 1.29 is 76.1 Å². The summed E-state index contributed by atoms with van der Waals surface area (Å²) in [6.45, 7) is 0. The minimum Gasteiger partial charge on any atom is -0.283 e. The van der Waals surface area contributed by atoms with Crippen LogP contribution in [-0.2, 0) is 14.2 Å². The number of Topliss-reactive ketones (excluding diaryl/α,β-unsaturated/α-hetero) is 1. The molecule has 174 valence electrons. The summed E-state index contributed by atoms with van der Waals surface area (Å²) in [5.74, 6) is -2.67. The van der Waals surface area contributed by atoms with Crippen molar-refractivity contribution in [1.29, 1.82) is 0 Å². The summed E-state index contributed by atoms with van der Waals surface area (Å²) in [5.41, 5.74) is 0. The summed E-state index contributed by atoms with van der Waals surface area (Å²) in [6, 6.07) is 1.53. The van der Waals surface area contributed by atoms with Crippen LogP contribution in [0.25, 0.3) is 0 Å². The molecule has 0 aliphatic rings. The largest absolute Gasteiger partial charge is 0.527 e. The maximum Gasteiger partial charge on any atom is 0.527 e. The standard InChI is InChI=1S/C11H2BrF13O4S/c12-4-2-1-3(30-4)5(26)6(13,14)27-7(15,16)8(17,18)28-9(19,20)10(21,22)29-11(23,24)25/h1-2H. The number of ether oxygens (including phenoxy) is 3. The highest BCUT2D eigenvalue weighted by Crippen LogP contribution is 2.49. The third-order valence-electron chi connectivity index (χ3n) is 2.50. The fourth-order valence-electron chi connectivity index (χ4n) is 1.33. The SMILES string of the molecule is O=C(c1ccc(Br)s1)C(F)(F)OC(F)(F)C(F)(F)OC(F)(F)C(F)(F)OC(F)(F)F. The number of alkyl halides is 13. The molecule has 0 atom stereocenters. The normalized spacial score (nSPS) is 14.9. The first kappa shape index (κ1) is 26.9. The van der Waals surface area contributed by atoms with E-state index in [4.69, 9.17) is 0 Å². The van der Waals surface area contributed by atoms with E-state index in [1.807, 2.05) is 0 Å². The molecule has 0 amide bonds. The van der Waals surface area contributed by atoms with E-state index in [1.165, 1.54) is 4.74 Å². The molecule has 0 spiro atoms. The molecule has 0 aliphatic heterocycles. The molecular formula is C11H2BrF13O4S. The van der Waals surface area contributed by atoms with Crippen molar-refractivity contribution in [2.75, 3.05) is 0 Å². The molecule has 0 aromatic carbocycles. The van der Waals surface area contributed by atoms with Gasteiger partial charge in [-0.15, -0.1) is 24.5 Å². The molecule has 1 rings (SSSR count). The van der Waals surface area contributed by atoms with Gasteiger partial charge >= 0.3 is 36.9 Å². The van der Waals surface area contributed by atoms with E-state index >= 15 is 0 Å². The van der Waals surface area contributed by atoms with Crippen molar-refractivity contribution in [2.24, 2.45) is 0 Å². The number of thiophene rings is 1. The van der Waals surface area contributed by atoms with Crippen molar-refractivity contribution in [3.05, 3.63) is 20.8 Å². The second kappa shape index (κ2) is 8.06. The van der Waals surface area contributed by atoms with Crippen molar-refractivity contribution in [1.82, 2.24) is 0 Å². The molecule has 0 saturated carbocycles. The molecule has 0 N–H and O–H groups in total. The van der Waals surface area contributed by atoms with Gasteiger partial charge in [0.25, 0.3) is 5.78 Å². The Labute approximate surface area is 167 Å². The lowest BCUT2D eigenvalue weighted by Crippen LogP contribution is -2.57. The Kier molecular flexibility index (Phi) is 7.22. The highest BCUT2D eigenvalue weighted by Gasteiger charge is 2.74.